The quantitative estimate of drug-likeness (QED) is 0.616. The van der Waals surface area contributed by atoms with E-state index in [0.29, 0.717) is 12.0 Å². The third-order valence-corrected chi connectivity index (χ3v) is 2.62. The standard InChI is InChI=1S/C13H18N4/c1-10(2)15-9-16-12-5-3-11(4-6-12)13-7-14-8-17-13/h3,5-11H,4H2,1-2H3,(H,14,17)(H,15,16). The Morgan fingerprint density at radius 3 is 3.06 bits per heavy atom. The third-order valence-electron chi connectivity index (χ3n) is 2.62. The van der Waals surface area contributed by atoms with Crippen LogP contribution < -0.4 is 5.32 Å². The smallest absolute Gasteiger partial charge is 0.0921 e. The van der Waals surface area contributed by atoms with Gasteiger partial charge in [-0.15, -0.1) is 0 Å². The number of rotatable bonds is 4. The van der Waals surface area contributed by atoms with Gasteiger partial charge in [0.2, 0.25) is 0 Å². The van der Waals surface area contributed by atoms with E-state index in [1.807, 2.05) is 6.20 Å². The second-order valence-corrected chi connectivity index (χ2v) is 4.38. The molecule has 4 nitrogen and oxygen atoms in total. The van der Waals surface area contributed by atoms with E-state index >= 15 is 0 Å². The van der Waals surface area contributed by atoms with E-state index in [2.05, 4.69) is 52.4 Å². The van der Waals surface area contributed by atoms with Crippen molar-refractivity contribution in [2.75, 3.05) is 0 Å². The molecule has 1 heterocycles. The Kier molecular flexibility index (Phi) is 3.75. The molecule has 0 radical (unpaired) electrons. The molecule has 0 amide bonds. The summed E-state index contributed by atoms with van der Waals surface area (Å²) in [6.07, 6.45) is 12.8. The van der Waals surface area contributed by atoms with Gasteiger partial charge in [0.15, 0.2) is 0 Å². The molecular formula is C13H18N4. The van der Waals surface area contributed by atoms with Gasteiger partial charge in [-0.25, -0.2) is 4.98 Å². The number of H-pyrrole nitrogens is 1. The van der Waals surface area contributed by atoms with Gasteiger partial charge in [-0.05, 0) is 26.3 Å². The molecule has 1 atom stereocenters. The second-order valence-electron chi connectivity index (χ2n) is 4.38. The zero-order valence-electron chi connectivity index (χ0n) is 10.2. The Bertz CT molecular complexity index is 426. The number of allylic oxidation sites excluding steroid dienone is 3. The maximum Gasteiger partial charge on any atom is 0.0921 e. The van der Waals surface area contributed by atoms with E-state index in [4.69, 9.17) is 0 Å². The molecule has 0 saturated carbocycles. The Labute approximate surface area is 102 Å². The fraction of sp³-hybridized carbons (Fsp3) is 0.385. The predicted octanol–water partition coefficient (Wildman–Crippen LogP) is 2.36. The van der Waals surface area contributed by atoms with E-state index in [1.165, 1.54) is 0 Å². The summed E-state index contributed by atoms with van der Waals surface area (Å²) in [5.74, 6) is 0.407. The highest BCUT2D eigenvalue weighted by atomic mass is 15.0. The average molecular weight is 230 g/mol. The van der Waals surface area contributed by atoms with Crippen molar-refractivity contribution >= 4 is 6.34 Å². The van der Waals surface area contributed by atoms with E-state index in [0.717, 1.165) is 17.8 Å². The zero-order chi connectivity index (χ0) is 12.1. The minimum absolute atomic E-state index is 0.327. The Morgan fingerprint density at radius 1 is 1.59 bits per heavy atom. The molecule has 0 aromatic carbocycles. The van der Waals surface area contributed by atoms with Crippen LogP contribution in [0.5, 0.6) is 0 Å². The molecule has 17 heavy (non-hydrogen) atoms. The average Bonchev–Trinajstić information content (AvgIpc) is 2.83. The number of nitrogens with one attached hydrogen (secondary N) is 2. The van der Waals surface area contributed by atoms with Crippen LogP contribution in [-0.4, -0.2) is 22.3 Å². The van der Waals surface area contributed by atoms with Crippen molar-refractivity contribution < 1.29 is 0 Å². The highest BCUT2D eigenvalue weighted by Gasteiger charge is 2.11. The first kappa shape index (κ1) is 11.6. The number of aliphatic imine (C=N–C) groups is 1. The molecule has 1 aliphatic carbocycles. The summed E-state index contributed by atoms with van der Waals surface area (Å²) in [6, 6.07) is 0.327. The summed E-state index contributed by atoms with van der Waals surface area (Å²) < 4.78 is 0. The molecule has 0 saturated heterocycles. The number of aromatic amines is 1. The summed E-state index contributed by atoms with van der Waals surface area (Å²) in [6.45, 7) is 4.11. The summed E-state index contributed by atoms with van der Waals surface area (Å²) in [5, 5.41) is 3.18. The Balaban J connectivity index is 1.88. The molecule has 1 unspecified atom stereocenters. The third kappa shape index (κ3) is 3.31. The Morgan fingerprint density at radius 2 is 2.47 bits per heavy atom. The molecule has 2 rings (SSSR count). The number of hydrogen-bond donors (Lipinski definition) is 2. The van der Waals surface area contributed by atoms with Crippen molar-refractivity contribution in [3.8, 4) is 0 Å². The van der Waals surface area contributed by atoms with Crippen LogP contribution in [0.15, 0.2) is 41.4 Å². The van der Waals surface area contributed by atoms with Crippen molar-refractivity contribution in [1.29, 1.82) is 0 Å². The van der Waals surface area contributed by atoms with E-state index in [1.54, 1.807) is 12.7 Å². The molecule has 0 aliphatic heterocycles. The van der Waals surface area contributed by atoms with Gasteiger partial charge in [-0.3, -0.25) is 4.99 Å². The zero-order valence-corrected chi connectivity index (χ0v) is 10.2. The molecule has 2 N–H and O–H groups in total. The van der Waals surface area contributed by atoms with Crippen LogP contribution in [0.4, 0.5) is 0 Å². The molecule has 0 fully saturated rings. The molecular weight excluding hydrogens is 212 g/mol. The van der Waals surface area contributed by atoms with Gasteiger partial charge >= 0.3 is 0 Å². The van der Waals surface area contributed by atoms with Crippen LogP contribution in [0.25, 0.3) is 0 Å². The largest absolute Gasteiger partial charge is 0.348 e. The van der Waals surface area contributed by atoms with Crippen LogP contribution >= 0.6 is 0 Å². The molecule has 4 heteroatoms. The van der Waals surface area contributed by atoms with Gasteiger partial charge in [0.25, 0.3) is 0 Å². The van der Waals surface area contributed by atoms with Gasteiger partial charge in [-0.2, -0.15) is 0 Å². The van der Waals surface area contributed by atoms with Crippen molar-refractivity contribution in [2.24, 2.45) is 4.99 Å². The van der Waals surface area contributed by atoms with Crippen molar-refractivity contribution in [3.05, 3.63) is 42.1 Å². The summed E-state index contributed by atoms with van der Waals surface area (Å²) in [5.41, 5.74) is 2.26. The minimum Gasteiger partial charge on any atom is -0.348 e. The summed E-state index contributed by atoms with van der Waals surface area (Å²) >= 11 is 0. The SMILES string of the molecule is CC(C)N=CNC1=CCC(c2cnc[nH]2)C=C1. The lowest BCUT2D eigenvalue weighted by Gasteiger charge is -2.14. The van der Waals surface area contributed by atoms with Crippen molar-refractivity contribution in [1.82, 2.24) is 15.3 Å². The molecule has 1 aromatic rings. The predicted molar refractivity (Wildman–Crippen MR) is 69.9 cm³/mol. The fourth-order valence-corrected chi connectivity index (χ4v) is 1.69. The first-order valence-corrected chi connectivity index (χ1v) is 5.90. The summed E-state index contributed by atoms with van der Waals surface area (Å²) in [7, 11) is 0. The van der Waals surface area contributed by atoms with Crippen LogP contribution in [-0.2, 0) is 0 Å². The second kappa shape index (κ2) is 5.48. The van der Waals surface area contributed by atoms with Gasteiger partial charge in [0.05, 0.1) is 12.7 Å². The monoisotopic (exact) mass is 230 g/mol. The van der Waals surface area contributed by atoms with Gasteiger partial charge in [0, 0.05) is 29.5 Å². The first-order chi connectivity index (χ1) is 8.25. The lowest BCUT2D eigenvalue weighted by Crippen LogP contribution is -2.13. The van der Waals surface area contributed by atoms with Gasteiger partial charge in [0.1, 0.15) is 0 Å². The topological polar surface area (TPSA) is 53.1 Å². The van der Waals surface area contributed by atoms with Crippen LogP contribution in [0.3, 0.4) is 0 Å². The van der Waals surface area contributed by atoms with E-state index < -0.39 is 0 Å². The Hall–Kier alpha value is -1.84. The summed E-state index contributed by atoms with van der Waals surface area (Å²) in [4.78, 5) is 11.4. The molecule has 90 valence electrons. The van der Waals surface area contributed by atoms with Crippen LogP contribution in [0.1, 0.15) is 31.9 Å². The number of aromatic nitrogens is 2. The van der Waals surface area contributed by atoms with Gasteiger partial charge < -0.3 is 10.3 Å². The number of nitrogens with zero attached hydrogens (tertiary/aromatic N) is 2. The normalized spacial score (nSPS) is 19.9. The number of hydrogen-bond acceptors (Lipinski definition) is 2. The molecule has 0 spiro atoms. The van der Waals surface area contributed by atoms with E-state index in [9.17, 15) is 0 Å². The fourth-order valence-electron chi connectivity index (χ4n) is 1.69. The molecule has 0 bridgehead atoms. The van der Waals surface area contributed by atoms with Gasteiger partial charge in [-0.1, -0.05) is 12.2 Å². The lowest BCUT2D eigenvalue weighted by atomic mass is 9.97. The molecule has 1 aromatic heterocycles. The minimum atomic E-state index is 0.327. The highest BCUT2D eigenvalue weighted by Crippen LogP contribution is 2.23. The molecule has 1 aliphatic rings. The van der Waals surface area contributed by atoms with Crippen molar-refractivity contribution in [3.63, 3.8) is 0 Å². The maximum absolute atomic E-state index is 4.26. The number of imidazole rings is 1. The van der Waals surface area contributed by atoms with Crippen molar-refractivity contribution in [2.45, 2.75) is 32.2 Å². The highest BCUT2D eigenvalue weighted by molar-refractivity contribution is 5.59. The van der Waals surface area contributed by atoms with Crippen LogP contribution in [0.2, 0.25) is 0 Å². The van der Waals surface area contributed by atoms with Crippen LogP contribution in [0, 0.1) is 0 Å². The first-order valence-electron chi connectivity index (χ1n) is 5.90. The maximum atomic E-state index is 4.26. The lowest BCUT2D eigenvalue weighted by molar-refractivity contribution is 0.806. The van der Waals surface area contributed by atoms with E-state index in [-0.39, 0.29) is 0 Å².